The average Bonchev–Trinajstić information content (AvgIpc) is 3.28. The summed E-state index contributed by atoms with van der Waals surface area (Å²) in [6.07, 6.45) is 0. The van der Waals surface area contributed by atoms with Crippen molar-refractivity contribution in [2.24, 2.45) is 0 Å². The van der Waals surface area contributed by atoms with Crippen molar-refractivity contribution >= 4 is 28.3 Å². The molecule has 0 aliphatic carbocycles. The van der Waals surface area contributed by atoms with E-state index in [1.54, 1.807) is 0 Å². The van der Waals surface area contributed by atoms with E-state index in [0.717, 1.165) is 16.5 Å². The maximum absolute atomic E-state index is 12.9. The number of benzene rings is 3. The van der Waals surface area contributed by atoms with Gasteiger partial charge in [-0.2, -0.15) is 4.98 Å². The molecular weight excluding hydrogens is 420 g/mol. The van der Waals surface area contributed by atoms with Crippen LogP contribution in [0, 0.1) is 6.92 Å². The lowest BCUT2D eigenvalue weighted by Gasteiger charge is -2.14. The quantitative estimate of drug-likeness (QED) is 0.473. The first-order valence-corrected chi connectivity index (χ1v) is 10.6. The van der Waals surface area contributed by atoms with Crippen LogP contribution in [-0.4, -0.2) is 22.3 Å². The van der Waals surface area contributed by atoms with E-state index in [9.17, 15) is 9.59 Å². The molecule has 0 bridgehead atoms. The van der Waals surface area contributed by atoms with Crippen LogP contribution in [0.15, 0.2) is 71.5 Å². The van der Waals surface area contributed by atoms with Crippen LogP contribution < -0.4 is 25.8 Å². The fourth-order valence-electron chi connectivity index (χ4n) is 3.82. The highest BCUT2D eigenvalue weighted by atomic mass is 16.7. The topological polar surface area (TPSA) is 94.5 Å². The molecule has 0 saturated heterocycles. The number of nitrogens with zero attached hydrogens (tertiary/aromatic N) is 2. The standard InChI is InChI=1S/C25H22N4O4/c1-16-5-4-6-18(11-16)27-23(30)14-29-20-8-3-2-7-19(20)24(28-25(29)31)26-13-17-9-10-21-22(12-17)33-15-32-21/h2-12H,13-15H2,1H3,(H,27,30)(H,26,28,31). The number of ether oxygens (including phenoxy) is 2. The maximum atomic E-state index is 12.9. The molecule has 33 heavy (non-hydrogen) atoms. The molecule has 1 amide bonds. The maximum Gasteiger partial charge on any atom is 0.350 e. The zero-order valence-electron chi connectivity index (χ0n) is 18.0. The van der Waals surface area contributed by atoms with E-state index in [-0.39, 0.29) is 19.2 Å². The van der Waals surface area contributed by atoms with Crippen LogP contribution in [-0.2, 0) is 17.9 Å². The summed E-state index contributed by atoms with van der Waals surface area (Å²) in [6.45, 7) is 2.48. The number of fused-ring (bicyclic) bond motifs is 2. The van der Waals surface area contributed by atoms with Gasteiger partial charge < -0.3 is 20.1 Å². The number of carbonyl (C=O) groups is 1. The molecule has 166 valence electrons. The van der Waals surface area contributed by atoms with Gasteiger partial charge in [0.2, 0.25) is 12.7 Å². The number of amides is 1. The summed E-state index contributed by atoms with van der Waals surface area (Å²) >= 11 is 0. The lowest BCUT2D eigenvalue weighted by molar-refractivity contribution is -0.116. The fraction of sp³-hybridized carbons (Fsp3) is 0.160. The van der Waals surface area contributed by atoms with Gasteiger partial charge in [-0.15, -0.1) is 0 Å². The Morgan fingerprint density at radius 1 is 1.03 bits per heavy atom. The second-order valence-corrected chi connectivity index (χ2v) is 7.81. The van der Waals surface area contributed by atoms with Gasteiger partial charge in [0.1, 0.15) is 12.4 Å². The zero-order chi connectivity index (χ0) is 22.8. The molecule has 2 heterocycles. The molecule has 1 aliphatic rings. The molecule has 1 aromatic heterocycles. The molecule has 3 aromatic carbocycles. The Bertz CT molecular complexity index is 1410. The summed E-state index contributed by atoms with van der Waals surface area (Å²) < 4.78 is 12.2. The minimum Gasteiger partial charge on any atom is -0.454 e. The monoisotopic (exact) mass is 442 g/mol. The molecule has 0 saturated carbocycles. The van der Waals surface area contributed by atoms with Crippen molar-refractivity contribution in [2.45, 2.75) is 20.0 Å². The number of hydrogen-bond donors (Lipinski definition) is 2. The number of aromatic nitrogens is 2. The Morgan fingerprint density at radius 2 is 1.88 bits per heavy atom. The highest BCUT2D eigenvalue weighted by molar-refractivity contribution is 5.93. The summed E-state index contributed by atoms with van der Waals surface area (Å²) in [5, 5.41) is 6.83. The molecule has 0 radical (unpaired) electrons. The van der Waals surface area contributed by atoms with Gasteiger partial charge in [0.15, 0.2) is 11.5 Å². The summed E-state index contributed by atoms with van der Waals surface area (Å²) in [7, 11) is 0. The SMILES string of the molecule is Cc1cccc(NC(=O)Cn2c(=O)nc(NCc3ccc4c(c3)OCO4)c3ccccc32)c1. The number of nitrogens with one attached hydrogen (secondary N) is 2. The molecule has 8 nitrogen and oxygen atoms in total. The van der Waals surface area contributed by atoms with E-state index in [2.05, 4.69) is 15.6 Å². The van der Waals surface area contributed by atoms with Crippen LogP contribution in [0.25, 0.3) is 10.9 Å². The molecule has 0 atom stereocenters. The summed E-state index contributed by atoms with van der Waals surface area (Å²) in [5.41, 5.74) is 2.82. The van der Waals surface area contributed by atoms with E-state index in [0.29, 0.717) is 35.1 Å². The first-order valence-electron chi connectivity index (χ1n) is 10.6. The van der Waals surface area contributed by atoms with Crippen LogP contribution in [0.5, 0.6) is 11.5 Å². The number of carbonyl (C=O) groups excluding carboxylic acids is 1. The van der Waals surface area contributed by atoms with Gasteiger partial charge in [-0.1, -0.05) is 30.3 Å². The highest BCUT2D eigenvalue weighted by Gasteiger charge is 2.15. The molecule has 0 spiro atoms. The van der Waals surface area contributed by atoms with E-state index in [4.69, 9.17) is 9.47 Å². The molecule has 0 unspecified atom stereocenters. The summed E-state index contributed by atoms with van der Waals surface area (Å²) in [6, 6.07) is 20.6. The summed E-state index contributed by atoms with van der Waals surface area (Å²) in [5.74, 6) is 1.58. The predicted molar refractivity (Wildman–Crippen MR) is 126 cm³/mol. The normalized spacial score (nSPS) is 12.0. The van der Waals surface area contributed by atoms with Crippen molar-refractivity contribution < 1.29 is 14.3 Å². The third-order valence-electron chi connectivity index (χ3n) is 5.39. The van der Waals surface area contributed by atoms with Gasteiger partial charge in [0.25, 0.3) is 0 Å². The third kappa shape index (κ3) is 4.36. The van der Waals surface area contributed by atoms with Crippen LogP contribution in [0.2, 0.25) is 0 Å². The second kappa shape index (κ2) is 8.66. The fourth-order valence-corrected chi connectivity index (χ4v) is 3.82. The third-order valence-corrected chi connectivity index (χ3v) is 5.39. The molecule has 0 fully saturated rings. The largest absolute Gasteiger partial charge is 0.454 e. The Morgan fingerprint density at radius 3 is 2.76 bits per heavy atom. The smallest absolute Gasteiger partial charge is 0.350 e. The summed E-state index contributed by atoms with van der Waals surface area (Å²) in [4.78, 5) is 29.7. The van der Waals surface area contributed by atoms with Crippen molar-refractivity contribution in [3.8, 4) is 11.5 Å². The van der Waals surface area contributed by atoms with Crippen molar-refractivity contribution in [3.63, 3.8) is 0 Å². The number of anilines is 2. The van der Waals surface area contributed by atoms with Crippen molar-refractivity contribution in [2.75, 3.05) is 17.4 Å². The van der Waals surface area contributed by atoms with Gasteiger partial charge in [-0.05, 0) is 54.4 Å². The van der Waals surface area contributed by atoms with E-state index in [1.165, 1.54) is 4.57 Å². The van der Waals surface area contributed by atoms with Crippen molar-refractivity contribution in [3.05, 3.63) is 88.3 Å². The van der Waals surface area contributed by atoms with Crippen molar-refractivity contribution in [1.82, 2.24) is 9.55 Å². The minimum atomic E-state index is -0.499. The van der Waals surface area contributed by atoms with Gasteiger partial charge in [-0.3, -0.25) is 9.36 Å². The van der Waals surface area contributed by atoms with Gasteiger partial charge in [-0.25, -0.2) is 4.79 Å². The van der Waals surface area contributed by atoms with Gasteiger partial charge in [0.05, 0.1) is 5.52 Å². The van der Waals surface area contributed by atoms with Crippen LogP contribution >= 0.6 is 0 Å². The molecular formula is C25H22N4O4. The van der Waals surface area contributed by atoms with Crippen LogP contribution in [0.1, 0.15) is 11.1 Å². The van der Waals surface area contributed by atoms with Crippen LogP contribution in [0.3, 0.4) is 0 Å². The van der Waals surface area contributed by atoms with E-state index < -0.39 is 5.69 Å². The Balaban J connectivity index is 1.39. The Hall–Kier alpha value is -4.33. The predicted octanol–water partition coefficient (Wildman–Crippen LogP) is 3.68. The second-order valence-electron chi connectivity index (χ2n) is 7.81. The Kier molecular flexibility index (Phi) is 5.40. The van der Waals surface area contributed by atoms with Crippen molar-refractivity contribution in [1.29, 1.82) is 0 Å². The highest BCUT2D eigenvalue weighted by Crippen LogP contribution is 2.32. The molecule has 5 rings (SSSR count). The van der Waals surface area contributed by atoms with E-state index in [1.807, 2.05) is 73.7 Å². The number of hydrogen-bond acceptors (Lipinski definition) is 6. The lowest BCUT2D eigenvalue weighted by Crippen LogP contribution is -2.30. The average molecular weight is 442 g/mol. The minimum absolute atomic E-state index is 0.136. The molecule has 1 aliphatic heterocycles. The van der Waals surface area contributed by atoms with Gasteiger partial charge in [0, 0.05) is 17.6 Å². The molecule has 4 aromatic rings. The number of rotatable bonds is 6. The number of para-hydroxylation sites is 1. The van der Waals surface area contributed by atoms with Gasteiger partial charge >= 0.3 is 5.69 Å². The Labute approximate surface area is 189 Å². The van der Waals surface area contributed by atoms with E-state index >= 15 is 0 Å². The first-order chi connectivity index (χ1) is 16.1. The molecule has 8 heteroatoms. The molecule has 2 N–H and O–H groups in total. The zero-order valence-corrected chi connectivity index (χ0v) is 18.0. The lowest BCUT2D eigenvalue weighted by atomic mass is 10.2. The number of aryl methyl sites for hydroxylation is 1. The first kappa shape index (κ1) is 20.6. The van der Waals surface area contributed by atoms with Crippen LogP contribution in [0.4, 0.5) is 11.5 Å².